The van der Waals surface area contributed by atoms with E-state index in [0.717, 1.165) is 29.1 Å². The molecule has 0 spiro atoms. The van der Waals surface area contributed by atoms with Gasteiger partial charge in [0.25, 0.3) is 0 Å². The predicted molar refractivity (Wildman–Crippen MR) is 85.5 cm³/mol. The van der Waals surface area contributed by atoms with E-state index < -0.39 is 0 Å². The Labute approximate surface area is 125 Å². The Morgan fingerprint density at radius 1 is 1.14 bits per heavy atom. The Morgan fingerprint density at radius 3 is 2.71 bits per heavy atom. The molecule has 0 amide bonds. The third-order valence-electron chi connectivity index (χ3n) is 3.15. The average Bonchev–Trinajstić information content (AvgIpc) is 2.53. The topological polar surface area (TPSA) is 32.7 Å². The van der Waals surface area contributed by atoms with Gasteiger partial charge in [-0.25, -0.2) is 0 Å². The minimum atomic E-state index is -0.120. The molecule has 2 rings (SSSR count). The van der Waals surface area contributed by atoms with E-state index in [-0.39, 0.29) is 6.61 Å². The van der Waals surface area contributed by atoms with Crippen LogP contribution in [-0.2, 0) is 6.54 Å². The summed E-state index contributed by atoms with van der Waals surface area (Å²) in [6.07, 6.45) is 0. The highest BCUT2D eigenvalue weighted by molar-refractivity contribution is 5.58. The number of ether oxygens (including phenoxy) is 1. The first-order valence-electron chi connectivity index (χ1n) is 6.77. The molecule has 0 unspecified atom stereocenters. The summed E-state index contributed by atoms with van der Waals surface area (Å²) < 4.78 is 5.39. The van der Waals surface area contributed by atoms with Crippen molar-refractivity contribution in [2.45, 2.75) is 6.54 Å². The second kappa shape index (κ2) is 7.37. The van der Waals surface area contributed by atoms with Crippen LogP contribution < -0.4 is 9.64 Å². The van der Waals surface area contributed by atoms with Gasteiger partial charge in [-0.2, -0.15) is 0 Å². The average molecular weight is 281 g/mol. The van der Waals surface area contributed by atoms with Crippen LogP contribution in [0.5, 0.6) is 5.75 Å². The number of hydrogen-bond donors (Lipinski definition) is 1. The third-order valence-corrected chi connectivity index (χ3v) is 3.15. The minimum absolute atomic E-state index is 0.120. The number of nitrogens with zero attached hydrogens (tertiary/aromatic N) is 1. The van der Waals surface area contributed by atoms with Crippen LogP contribution in [0.2, 0.25) is 0 Å². The molecule has 0 aliphatic carbocycles. The van der Waals surface area contributed by atoms with Gasteiger partial charge in [-0.1, -0.05) is 36.1 Å². The smallest absolute Gasteiger partial charge is 0.142 e. The molecule has 0 heterocycles. The van der Waals surface area contributed by atoms with Gasteiger partial charge >= 0.3 is 0 Å². The molecule has 2 aromatic carbocycles. The maximum Gasteiger partial charge on any atom is 0.142 e. The number of benzene rings is 2. The van der Waals surface area contributed by atoms with Crippen molar-refractivity contribution in [3.05, 3.63) is 59.7 Å². The molecule has 0 aliphatic heterocycles. The monoisotopic (exact) mass is 281 g/mol. The molecule has 0 aromatic heterocycles. The van der Waals surface area contributed by atoms with Gasteiger partial charge in [0.2, 0.25) is 0 Å². The lowest BCUT2D eigenvalue weighted by atomic mass is 10.1. The van der Waals surface area contributed by atoms with E-state index in [2.05, 4.69) is 22.8 Å². The van der Waals surface area contributed by atoms with Gasteiger partial charge in [0.05, 0.1) is 12.8 Å². The van der Waals surface area contributed by atoms with Crippen molar-refractivity contribution in [2.75, 3.05) is 25.7 Å². The van der Waals surface area contributed by atoms with Gasteiger partial charge in [0, 0.05) is 19.2 Å². The molecule has 0 saturated heterocycles. The quantitative estimate of drug-likeness (QED) is 0.875. The molecule has 0 fully saturated rings. The number of aliphatic hydroxyl groups is 1. The van der Waals surface area contributed by atoms with E-state index in [9.17, 15) is 0 Å². The maximum atomic E-state index is 8.75. The Balaban J connectivity index is 2.17. The van der Waals surface area contributed by atoms with Gasteiger partial charge in [-0.3, -0.25) is 0 Å². The van der Waals surface area contributed by atoms with Gasteiger partial charge < -0.3 is 14.7 Å². The summed E-state index contributed by atoms with van der Waals surface area (Å²) in [6, 6.07) is 16.0. The maximum absolute atomic E-state index is 8.75. The molecular formula is C18H19NO2. The molecule has 21 heavy (non-hydrogen) atoms. The molecule has 3 nitrogen and oxygen atoms in total. The van der Waals surface area contributed by atoms with Crippen LogP contribution in [0.15, 0.2) is 48.5 Å². The summed E-state index contributed by atoms with van der Waals surface area (Å²) in [5.74, 6) is 6.45. The molecule has 3 heteroatoms. The zero-order valence-corrected chi connectivity index (χ0v) is 12.3. The second-order valence-electron chi connectivity index (χ2n) is 4.69. The highest BCUT2D eigenvalue weighted by Crippen LogP contribution is 2.27. The molecular weight excluding hydrogens is 262 g/mol. The number of aliphatic hydroxyl groups excluding tert-OH is 1. The van der Waals surface area contributed by atoms with Crippen molar-refractivity contribution >= 4 is 5.69 Å². The fourth-order valence-corrected chi connectivity index (χ4v) is 2.19. The summed E-state index contributed by atoms with van der Waals surface area (Å²) in [7, 11) is 3.71. The van der Waals surface area contributed by atoms with Gasteiger partial charge in [-0.05, 0) is 29.8 Å². The number of anilines is 1. The first kappa shape index (κ1) is 15.0. The van der Waals surface area contributed by atoms with Crippen LogP contribution >= 0.6 is 0 Å². The SMILES string of the molecule is COc1ccccc1N(C)Cc1cccc(C#CCO)c1. The van der Waals surface area contributed by atoms with Crippen molar-refractivity contribution in [3.63, 3.8) is 0 Å². The summed E-state index contributed by atoms with van der Waals surface area (Å²) in [5.41, 5.74) is 3.12. The summed E-state index contributed by atoms with van der Waals surface area (Å²) in [6.45, 7) is 0.639. The standard InChI is InChI=1S/C18H19NO2/c1-19(17-10-3-4-11-18(17)21-2)14-16-8-5-7-15(13-16)9-6-12-20/h3-5,7-8,10-11,13,20H,12,14H2,1-2H3. The first-order chi connectivity index (χ1) is 10.2. The van der Waals surface area contributed by atoms with E-state index in [4.69, 9.17) is 9.84 Å². The molecule has 0 saturated carbocycles. The number of rotatable bonds is 4. The zero-order valence-electron chi connectivity index (χ0n) is 12.3. The van der Waals surface area contributed by atoms with Gasteiger partial charge in [0.1, 0.15) is 12.4 Å². The largest absolute Gasteiger partial charge is 0.495 e. The predicted octanol–water partition coefficient (Wildman–Crippen LogP) is 2.68. The summed E-state index contributed by atoms with van der Waals surface area (Å²) >= 11 is 0. The van der Waals surface area contributed by atoms with Crippen LogP contribution in [0.25, 0.3) is 0 Å². The van der Waals surface area contributed by atoms with Crippen molar-refractivity contribution in [3.8, 4) is 17.6 Å². The van der Waals surface area contributed by atoms with Crippen molar-refractivity contribution < 1.29 is 9.84 Å². The lowest BCUT2D eigenvalue weighted by molar-refractivity contribution is 0.350. The van der Waals surface area contributed by atoms with Crippen molar-refractivity contribution in [1.82, 2.24) is 0 Å². The van der Waals surface area contributed by atoms with Crippen LogP contribution in [0, 0.1) is 11.8 Å². The minimum Gasteiger partial charge on any atom is -0.495 e. The number of para-hydroxylation sites is 2. The first-order valence-corrected chi connectivity index (χ1v) is 6.77. The Morgan fingerprint density at radius 2 is 1.95 bits per heavy atom. The van der Waals surface area contributed by atoms with Gasteiger partial charge in [0.15, 0.2) is 0 Å². The van der Waals surface area contributed by atoms with Crippen LogP contribution in [0.1, 0.15) is 11.1 Å². The highest BCUT2D eigenvalue weighted by atomic mass is 16.5. The zero-order chi connectivity index (χ0) is 15.1. The fourth-order valence-electron chi connectivity index (χ4n) is 2.19. The van der Waals surface area contributed by atoms with E-state index >= 15 is 0 Å². The van der Waals surface area contributed by atoms with E-state index in [1.165, 1.54) is 0 Å². The Bertz CT molecular complexity index is 656. The summed E-state index contributed by atoms with van der Waals surface area (Å²) in [4.78, 5) is 2.14. The molecule has 0 radical (unpaired) electrons. The summed E-state index contributed by atoms with van der Waals surface area (Å²) in [5, 5.41) is 8.75. The van der Waals surface area contributed by atoms with Crippen LogP contribution in [0.4, 0.5) is 5.69 Å². The third kappa shape index (κ3) is 4.01. The molecule has 0 atom stereocenters. The van der Waals surface area contributed by atoms with Crippen molar-refractivity contribution in [2.24, 2.45) is 0 Å². The highest BCUT2D eigenvalue weighted by Gasteiger charge is 2.07. The molecule has 1 N–H and O–H groups in total. The molecule has 0 aliphatic rings. The van der Waals surface area contributed by atoms with Gasteiger partial charge in [-0.15, -0.1) is 0 Å². The van der Waals surface area contributed by atoms with E-state index in [1.54, 1.807) is 7.11 Å². The Hall–Kier alpha value is -2.44. The van der Waals surface area contributed by atoms with E-state index in [1.807, 2.05) is 49.5 Å². The lowest BCUT2D eigenvalue weighted by Crippen LogP contribution is -2.17. The lowest BCUT2D eigenvalue weighted by Gasteiger charge is -2.21. The number of methoxy groups -OCH3 is 1. The number of hydrogen-bond acceptors (Lipinski definition) is 3. The molecule has 108 valence electrons. The Kier molecular flexibility index (Phi) is 5.25. The van der Waals surface area contributed by atoms with Crippen LogP contribution in [0.3, 0.4) is 0 Å². The van der Waals surface area contributed by atoms with Crippen molar-refractivity contribution in [1.29, 1.82) is 0 Å². The molecule has 2 aromatic rings. The van der Waals surface area contributed by atoms with Crippen LogP contribution in [-0.4, -0.2) is 25.9 Å². The fraction of sp³-hybridized carbons (Fsp3) is 0.222. The molecule has 0 bridgehead atoms. The second-order valence-corrected chi connectivity index (χ2v) is 4.69. The van der Waals surface area contributed by atoms with E-state index in [0.29, 0.717) is 0 Å². The normalized spacial score (nSPS) is 9.67.